The minimum Gasteiger partial charge on any atom is -0.367 e. The number of nitrogens with one attached hydrogen (secondary N) is 1. The summed E-state index contributed by atoms with van der Waals surface area (Å²) >= 11 is 0. The topological polar surface area (TPSA) is 15.3 Å². The highest BCUT2D eigenvalue weighted by Crippen LogP contribution is 2.32. The number of benzene rings is 2. The summed E-state index contributed by atoms with van der Waals surface area (Å²) in [6, 6.07) is 18.9. The van der Waals surface area contributed by atoms with Crippen molar-refractivity contribution in [3.63, 3.8) is 0 Å². The van der Waals surface area contributed by atoms with Crippen LogP contribution in [0.4, 0.5) is 5.69 Å². The minimum atomic E-state index is 0.550. The molecule has 0 aromatic heterocycles. The van der Waals surface area contributed by atoms with E-state index in [2.05, 4.69) is 65.7 Å². The molecule has 2 aromatic rings. The van der Waals surface area contributed by atoms with Gasteiger partial charge in [-0.05, 0) is 42.5 Å². The Hall–Kier alpha value is -1.80. The van der Waals surface area contributed by atoms with Crippen molar-refractivity contribution in [2.45, 2.75) is 38.4 Å². The van der Waals surface area contributed by atoms with E-state index < -0.39 is 0 Å². The predicted octanol–water partition coefficient (Wildman–Crippen LogP) is 3.15. The Morgan fingerprint density at radius 1 is 0.952 bits per heavy atom. The molecule has 0 saturated carbocycles. The first kappa shape index (κ1) is 12.9. The Kier molecular flexibility index (Phi) is 3.19. The fraction of sp³-hybridized carbons (Fsp3) is 0.368. The van der Waals surface area contributed by atoms with Crippen LogP contribution in [-0.4, -0.2) is 18.6 Å². The monoisotopic (exact) mass is 278 g/mol. The van der Waals surface area contributed by atoms with Gasteiger partial charge < -0.3 is 10.2 Å². The van der Waals surface area contributed by atoms with E-state index in [0.29, 0.717) is 12.1 Å². The van der Waals surface area contributed by atoms with Gasteiger partial charge in [0.05, 0.1) is 0 Å². The fourth-order valence-electron chi connectivity index (χ4n) is 3.80. The van der Waals surface area contributed by atoms with E-state index >= 15 is 0 Å². The standard InChI is InChI=1S/C19H22N2/c1-14-10-16-7-4-5-9-19(16)21(14)13-18-11-15-6-2-3-8-17(15)12-20-18/h2-9,14,18,20H,10-13H2,1H3. The van der Waals surface area contributed by atoms with Crippen LogP contribution in [0.2, 0.25) is 0 Å². The molecule has 0 fully saturated rings. The van der Waals surface area contributed by atoms with Crippen LogP contribution in [0.25, 0.3) is 0 Å². The van der Waals surface area contributed by atoms with E-state index in [0.717, 1.165) is 19.5 Å². The highest BCUT2D eigenvalue weighted by molar-refractivity contribution is 5.59. The van der Waals surface area contributed by atoms with Gasteiger partial charge in [0.2, 0.25) is 0 Å². The van der Waals surface area contributed by atoms with E-state index in [-0.39, 0.29) is 0 Å². The maximum atomic E-state index is 3.71. The maximum absolute atomic E-state index is 3.71. The summed E-state index contributed by atoms with van der Waals surface area (Å²) in [6.07, 6.45) is 2.32. The van der Waals surface area contributed by atoms with E-state index in [1.54, 1.807) is 0 Å². The van der Waals surface area contributed by atoms with Crippen molar-refractivity contribution < 1.29 is 0 Å². The molecule has 21 heavy (non-hydrogen) atoms. The van der Waals surface area contributed by atoms with Crippen LogP contribution in [0.15, 0.2) is 48.5 Å². The molecule has 0 saturated heterocycles. The lowest BCUT2D eigenvalue weighted by molar-refractivity contribution is 0.462. The first-order valence-electron chi connectivity index (χ1n) is 7.96. The average molecular weight is 278 g/mol. The zero-order valence-corrected chi connectivity index (χ0v) is 12.5. The molecule has 0 spiro atoms. The third-order valence-electron chi connectivity index (χ3n) is 4.93. The number of nitrogens with zero attached hydrogens (tertiary/aromatic N) is 1. The van der Waals surface area contributed by atoms with Gasteiger partial charge in [-0.1, -0.05) is 42.5 Å². The van der Waals surface area contributed by atoms with Gasteiger partial charge in [0.25, 0.3) is 0 Å². The van der Waals surface area contributed by atoms with Gasteiger partial charge in [0.1, 0.15) is 0 Å². The molecule has 2 aliphatic heterocycles. The van der Waals surface area contributed by atoms with Crippen LogP contribution in [-0.2, 0) is 19.4 Å². The molecule has 2 unspecified atom stereocenters. The van der Waals surface area contributed by atoms with Gasteiger partial charge in [-0.15, -0.1) is 0 Å². The second-order valence-corrected chi connectivity index (χ2v) is 6.38. The van der Waals surface area contributed by atoms with Crippen LogP contribution in [0, 0.1) is 0 Å². The van der Waals surface area contributed by atoms with Crippen molar-refractivity contribution in [3.05, 3.63) is 65.2 Å². The van der Waals surface area contributed by atoms with Crippen LogP contribution in [0.5, 0.6) is 0 Å². The largest absolute Gasteiger partial charge is 0.367 e. The van der Waals surface area contributed by atoms with Gasteiger partial charge in [0, 0.05) is 30.9 Å². The number of hydrogen-bond acceptors (Lipinski definition) is 2. The van der Waals surface area contributed by atoms with Gasteiger partial charge >= 0.3 is 0 Å². The third kappa shape index (κ3) is 2.34. The summed E-state index contributed by atoms with van der Waals surface area (Å²) < 4.78 is 0. The summed E-state index contributed by atoms with van der Waals surface area (Å²) in [4.78, 5) is 2.58. The zero-order valence-electron chi connectivity index (χ0n) is 12.5. The van der Waals surface area contributed by atoms with Crippen molar-refractivity contribution >= 4 is 5.69 Å². The summed E-state index contributed by atoms with van der Waals surface area (Å²) in [5, 5.41) is 3.71. The molecule has 2 nitrogen and oxygen atoms in total. The van der Waals surface area contributed by atoms with E-state index in [4.69, 9.17) is 0 Å². The lowest BCUT2D eigenvalue weighted by atomic mass is 9.95. The quantitative estimate of drug-likeness (QED) is 0.908. The van der Waals surface area contributed by atoms with Crippen molar-refractivity contribution in [3.8, 4) is 0 Å². The van der Waals surface area contributed by atoms with Crippen molar-refractivity contribution in [2.24, 2.45) is 0 Å². The van der Waals surface area contributed by atoms with Gasteiger partial charge in [0.15, 0.2) is 0 Å². The Balaban J connectivity index is 1.53. The second kappa shape index (κ2) is 5.19. The summed E-state index contributed by atoms with van der Waals surface area (Å²) in [7, 11) is 0. The molecule has 0 bridgehead atoms. The van der Waals surface area contributed by atoms with Crippen LogP contribution in [0.1, 0.15) is 23.6 Å². The molecule has 2 aromatic carbocycles. The molecular formula is C19H22N2. The molecule has 2 heteroatoms. The molecule has 0 amide bonds. The number of rotatable bonds is 2. The summed E-state index contributed by atoms with van der Waals surface area (Å²) in [5.74, 6) is 0. The minimum absolute atomic E-state index is 0.550. The van der Waals surface area contributed by atoms with Crippen molar-refractivity contribution in [1.29, 1.82) is 0 Å². The second-order valence-electron chi connectivity index (χ2n) is 6.38. The molecule has 0 aliphatic carbocycles. The van der Waals surface area contributed by atoms with E-state index in [9.17, 15) is 0 Å². The lowest BCUT2D eigenvalue weighted by Gasteiger charge is -2.33. The zero-order chi connectivity index (χ0) is 14.2. The van der Waals surface area contributed by atoms with Gasteiger partial charge in [-0.2, -0.15) is 0 Å². The average Bonchev–Trinajstić information content (AvgIpc) is 2.83. The molecule has 2 heterocycles. The number of fused-ring (bicyclic) bond motifs is 2. The molecule has 2 atom stereocenters. The van der Waals surface area contributed by atoms with Gasteiger partial charge in [-0.25, -0.2) is 0 Å². The first-order valence-corrected chi connectivity index (χ1v) is 7.96. The lowest BCUT2D eigenvalue weighted by Crippen LogP contribution is -2.46. The normalized spacial score (nSPS) is 23.8. The van der Waals surface area contributed by atoms with Crippen LogP contribution >= 0.6 is 0 Å². The van der Waals surface area contributed by atoms with Crippen LogP contribution < -0.4 is 10.2 Å². The number of hydrogen-bond donors (Lipinski definition) is 1. The predicted molar refractivity (Wildman–Crippen MR) is 87.7 cm³/mol. The Morgan fingerprint density at radius 3 is 2.52 bits per heavy atom. The molecule has 0 radical (unpaired) electrons. The molecule has 4 rings (SSSR count). The SMILES string of the molecule is CC1Cc2ccccc2N1CC1Cc2ccccc2CN1. The van der Waals surface area contributed by atoms with Gasteiger partial charge in [-0.3, -0.25) is 0 Å². The molecular weight excluding hydrogens is 256 g/mol. The first-order chi connectivity index (χ1) is 10.3. The summed E-state index contributed by atoms with van der Waals surface area (Å²) in [6.45, 7) is 4.45. The maximum Gasteiger partial charge on any atom is 0.0402 e. The van der Waals surface area contributed by atoms with Crippen LogP contribution in [0.3, 0.4) is 0 Å². The Labute approximate surface area is 126 Å². The Bertz CT molecular complexity index is 650. The molecule has 1 N–H and O–H groups in total. The third-order valence-corrected chi connectivity index (χ3v) is 4.93. The number of anilines is 1. The molecule has 108 valence electrons. The summed E-state index contributed by atoms with van der Waals surface area (Å²) in [5.41, 5.74) is 5.91. The number of para-hydroxylation sites is 1. The van der Waals surface area contributed by atoms with E-state index in [1.165, 1.54) is 28.8 Å². The highest BCUT2D eigenvalue weighted by Gasteiger charge is 2.28. The van der Waals surface area contributed by atoms with E-state index in [1.807, 2.05) is 0 Å². The molecule has 2 aliphatic rings. The fourth-order valence-corrected chi connectivity index (χ4v) is 3.80. The van der Waals surface area contributed by atoms with Crippen molar-refractivity contribution in [1.82, 2.24) is 5.32 Å². The highest BCUT2D eigenvalue weighted by atomic mass is 15.2. The van der Waals surface area contributed by atoms with Crippen molar-refractivity contribution in [2.75, 3.05) is 11.4 Å². The smallest absolute Gasteiger partial charge is 0.0402 e. The Morgan fingerprint density at radius 2 is 1.67 bits per heavy atom.